The van der Waals surface area contributed by atoms with Crippen molar-refractivity contribution in [2.75, 3.05) is 11.5 Å². The second-order valence-corrected chi connectivity index (χ2v) is 6.40. The van der Waals surface area contributed by atoms with Crippen LogP contribution in [0.5, 0.6) is 0 Å². The highest BCUT2D eigenvalue weighted by Gasteiger charge is 2.52. The molecule has 2 aliphatic heterocycles. The Bertz CT molecular complexity index is 718. The van der Waals surface area contributed by atoms with E-state index in [0.717, 1.165) is 0 Å². The fourth-order valence-corrected chi connectivity index (χ4v) is 3.83. The molecular formula is C15H15N3O4S. The van der Waals surface area contributed by atoms with E-state index < -0.39 is 17.9 Å². The van der Waals surface area contributed by atoms with Gasteiger partial charge in [0.25, 0.3) is 5.91 Å². The molecule has 0 aliphatic carbocycles. The van der Waals surface area contributed by atoms with Crippen LogP contribution in [0.2, 0.25) is 0 Å². The van der Waals surface area contributed by atoms with Gasteiger partial charge < -0.3 is 16.2 Å². The molecule has 1 saturated heterocycles. The van der Waals surface area contributed by atoms with Crippen molar-refractivity contribution in [3.8, 4) is 0 Å². The molecule has 8 heteroatoms. The topological polar surface area (TPSA) is 113 Å². The molecule has 4 N–H and O–H groups in total. The molecule has 1 fully saturated rings. The number of aliphatic carboxylic acids is 1. The van der Waals surface area contributed by atoms with Gasteiger partial charge in [-0.15, -0.1) is 11.8 Å². The number of hydrogen-bond donors (Lipinski definition) is 3. The minimum absolute atomic E-state index is 0.0171. The first-order valence-electron chi connectivity index (χ1n) is 7.00. The molecule has 0 bridgehead atoms. The summed E-state index contributed by atoms with van der Waals surface area (Å²) in [6, 6.07) is 6.34. The first kappa shape index (κ1) is 15.4. The molecule has 7 nitrogen and oxygen atoms in total. The molecule has 0 unspecified atom stereocenters. The summed E-state index contributed by atoms with van der Waals surface area (Å²) >= 11 is 1.42. The van der Waals surface area contributed by atoms with Gasteiger partial charge in [-0.1, -0.05) is 18.2 Å². The second kappa shape index (κ2) is 5.96. The first-order chi connectivity index (χ1) is 11.0. The van der Waals surface area contributed by atoms with Crippen LogP contribution in [-0.2, 0) is 20.8 Å². The van der Waals surface area contributed by atoms with Crippen LogP contribution >= 0.6 is 11.8 Å². The Balaban J connectivity index is 1.65. The highest BCUT2D eigenvalue weighted by Crippen LogP contribution is 2.37. The van der Waals surface area contributed by atoms with E-state index in [9.17, 15) is 14.4 Å². The third-order valence-electron chi connectivity index (χ3n) is 3.79. The summed E-state index contributed by atoms with van der Waals surface area (Å²) in [7, 11) is 0. The Morgan fingerprint density at radius 1 is 1.39 bits per heavy atom. The maximum Gasteiger partial charge on any atom is 0.352 e. The fourth-order valence-electron chi connectivity index (χ4n) is 2.63. The number of thioether (sulfide) groups is 1. The molecule has 0 spiro atoms. The summed E-state index contributed by atoms with van der Waals surface area (Å²) in [5.74, 6) is -1.35. The van der Waals surface area contributed by atoms with Crippen molar-refractivity contribution in [3.63, 3.8) is 0 Å². The van der Waals surface area contributed by atoms with Gasteiger partial charge in [-0.3, -0.25) is 14.5 Å². The van der Waals surface area contributed by atoms with E-state index in [4.69, 9.17) is 10.8 Å². The number of benzene rings is 1. The molecule has 2 amide bonds. The van der Waals surface area contributed by atoms with Crippen LogP contribution < -0.4 is 11.1 Å². The number of carbonyl (C=O) groups excluding carboxylic acids is 2. The van der Waals surface area contributed by atoms with Crippen molar-refractivity contribution >= 4 is 35.2 Å². The predicted molar refractivity (Wildman–Crippen MR) is 85.3 cm³/mol. The number of nitrogens with two attached hydrogens (primary N) is 1. The van der Waals surface area contributed by atoms with Crippen molar-refractivity contribution in [2.24, 2.45) is 0 Å². The molecule has 0 aromatic heterocycles. The highest BCUT2D eigenvalue weighted by atomic mass is 32.2. The molecule has 23 heavy (non-hydrogen) atoms. The number of carboxylic acids is 1. The summed E-state index contributed by atoms with van der Waals surface area (Å²) in [5, 5.41) is 11.4. The Labute approximate surface area is 136 Å². The van der Waals surface area contributed by atoms with Gasteiger partial charge in [0.15, 0.2) is 0 Å². The number of carboxylic acid groups (broad SMARTS) is 1. The molecule has 2 aliphatic rings. The summed E-state index contributed by atoms with van der Waals surface area (Å²) < 4.78 is 0. The third-order valence-corrected chi connectivity index (χ3v) is 4.97. The van der Waals surface area contributed by atoms with Gasteiger partial charge in [-0.2, -0.15) is 0 Å². The zero-order valence-corrected chi connectivity index (χ0v) is 12.9. The number of fused-ring (bicyclic) bond motifs is 1. The number of carbonyl (C=O) groups is 3. The largest absolute Gasteiger partial charge is 0.477 e. The van der Waals surface area contributed by atoms with Crippen LogP contribution in [-0.4, -0.2) is 45.0 Å². The lowest BCUT2D eigenvalue weighted by atomic mass is 10.0. The van der Waals surface area contributed by atoms with E-state index >= 15 is 0 Å². The maximum absolute atomic E-state index is 12.1. The van der Waals surface area contributed by atoms with Crippen LogP contribution in [0.3, 0.4) is 0 Å². The van der Waals surface area contributed by atoms with Gasteiger partial charge in [0.2, 0.25) is 5.91 Å². The maximum atomic E-state index is 12.1. The van der Waals surface area contributed by atoms with Crippen LogP contribution in [0.25, 0.3) is 0 Å². The molecular weight excluding hydrogens is 318 g/mol. The number of nitrogens with zero attached hydrogens (tertiary/aromatic N) is 1. The average molecular weight is 333 g/mol. The second-order valence-electron chi connectivity index (χ2n) is 5.25. The summed E-state index contributed by atoms with van der Waals surface area (Å²) in [6.07, 6.45) is 1.58. The number of rotatable bonds is 4. The Hall–Kier alpha value is -2.48. The van der Waals surface area contributed by atoms with Crippen molar-refractivity contribution in [1.82, 2.24) is 10.2 Å². The van der Waals surface area contributed by atoms with Crippen LogP contribution in [0, 0.1) is 0 Å². The molecule has 1 aromatic carbocycles. The number of anilines is 1. The number of β-lactam (4-membered cyclic amide) rings is 1. The minimum Gasteiger partial charge on any atom is -0.477 e. The summed E-state index contributed by atoms with van der Waals surface area (Å²) in [5.41, 5.74) is 6.99. The van der Waals surface area contributed by atoms with Crippen molar-refractivity contribution in [2.45, 2.75) is 17.8 Å². The number of amides is 2. The van der Waals surface area contributed by atoms with Gasteiger partial charge in [0.1, 0.15) is 17.1 Å². The van der Waals surface area contributed by atoms with Crippen LogP contribution in [0.4, 0.5) is 5.69 Å². The van der Waals surface area contributed by atoms with Crippen molar-refractivity contribution in [3.05, 3.63) is 41.6 Å². The summed E-state index contributed by atoms with van der Waals surface area (Å²) in [4.78, 5) is 36.6. The van der Waals surface area contributed by atoms with Gasteiger partial charge in [-0.05, 0) is 17.7 Å². The first-order valence-corrected chi connectivity index (χ1v) is 8.05. The van der Waals surface area contributed by atoms with E-state index in [1.54, 1.807) is 24.3 Å². The van der Waals surface area contributed by atoms with Gasteiger partial charge in [-0.25, -0.2) is 4.79 Å². The van der Waals surface area contributed by atoms with E-state index in [2.05, 4.69) is 5.32 Å². The molecule has 0 radical (unpaired) electrons. The van der Waals surface area contributed by atoms with Crippen molar-refractivity contribution in [1.29, 1.82) is 0 Å². The average Bonchev–Trinajstić information content (AvgIpc) is 2.53. The Morgan fingerprint density at radius 3 is 2.83 bits per heavy atom. The number of nitrogens with one attached hydrogen (secondary N) is 1. The van der Waals surface area contributed by atoms with Crippen LogP contribution in [0.15, 0.2) is 36.0 Å². The molecule has 1 aromatic rings. The van der Waals surface area contributed by atoms with Gasteiger partial charge >= 0.3 is 5.97 Å². The van der Waals surface area contributed by atoms with E-state index in [-0.39, 0.29) is 23.4 Å². The zero-order chi connectivity index (χ0) is 16.6. The van der Waals surface area contributed by atoms with E-state index in [0.29, 0.717) is 17.0 Å². The fraction of sp³-hybridized carbons (Fsp3) is 0.267. The monoisotopic (exact) mass is 333 g/mol. The van der Waals surface area contributed by atoms with Crippen molar-refractivity contribution < 1.29 is 19.5 Å². The normalized spacial score (nSPS) is 22.7. The van der Waals surface area contributed by atoms with E-state index in [1.165, 1.54) is 22.7 Å². The highest BCUT2D eigenvalue weighted by molar-refractivity contribution is 8.00. The molecule has 120 valence electrons. The number of nitrogen functional groups attached to an aromatic ring is 1. The summed E-state index contributed by atoms with van der Waals surface area (Å²) in [6.45, 7) is 0. The quantitative estimate of drug-likeness (QED) is 0.535. The zero-order valence-electron chi connectivity index (χ0n) is 12.1. The smallest absolute Gasteiger partial charge is 0.352 e. The lowest BCUT2D eigenvalue weighted by Crippen LogP contribution is -2.70. The molecule has 0 saturated carbocycles. The van der Waals surface area contributed by atoms with Gasteiger partial charge in [0.05, 0.1) is 6.42 Å². The van der Waals surface area contributed by atoms with Gasteiger partial charge in [0, 0.05) is 11.4 Å². The van der Waals surface area contributed by atoms with Crippen LogP contribution in [0.1, 0.15) is 5.56 Å². The van der Waals surface area contributed by atoms with E-state index in [1.807, 2.05) is 0 Å². The molecule has 2 heterocycles. The predicted octanol–water partition coefficient (Wildman–Crippen LogP) is 0.180. The lowest BCUT2D eigenvalue weighted by molar-refractivity contribution is -0.150. The SMILES string of the molecule is Nc1ccccc1CC(=O)N[C@@H]1C(=O)N2C(C(=O)O)=CCS[C@H]12. The third kappa shape index (κ3) is 2.77. The lowest BCUT2D eigenvalue weighted by Gasteiger charge is -2.48. The Morgan fingerprint density at radius 2 is 2.13 bits per heavy atom. The number of hydrogen-bond acceptors (Lipinski definition) is 5. The molecule has 3 rings (SSSR count). The number of para-hydroxylation sites is 1. The standard InChI is InChI=1S/C15H15N3O4S/c16-9-4-2-1-3-8(9)7-11(19)17-12-13(20)18-10(15(21)22)5-6-23-14(12)18/h1-5,12,14H,6-7,16H2,(H,17,19)(H,21,22)/t12-,14-/m1/s1. The Kier molecular flexibility index (Phi) is 3.99. The molecule has 2 atom stereocenters. The minimum atomic E-state index is -1.13.